The molecule has 0 saturated heterocycles. The number of halogens is 1. The number of pyridine rings is 1. The van der Waals surface area contributed by atoms with Crippen LogP contribution in [0.1, 0.15) is 68.3 Å². The van der Waals surface area contributed by atoms with E-state index >= 15 is 0 Å². The second-order valence-corrected chi connectivity index (χ2v) is 6.47. The number of fused-ring (bicyclic) bond motifs is 1. The number of carbonyl (C=O) groups excluding carboxylic acids is 1. The second-order valence-electron chi connectivity index (χ2n) is 6.47. The summed E-state index contributed by atoms with van der Waals surface area (Å²) in [5, 5.41) is 11.4. The standard InChI is InChI=1S/C19H26FN3O3/c20-15-10-11-17-22-16(14-23(17)13-15)19(26)21-12-8-6-4-2-1-3-5-7-9-18(24)25/h10-11,13-14H,1-9,12H2,(H,21,26)(H,24,25). The molecular weight excluding hydrogens is 337 g/mol. The largest absolute Gasteiger partial charge is 0.481 e. The number of carbonyl (C=O) groups is 2. The van der Waals surface area contributed by atoms with Gasteiger partial charge >= 0.3 is 5.97 Å². The molecule has 0 aromatic carbocycles. The number of nitrogens with zero attached hydrogens (tertiary/aromatic N) is 2. The van der Waals surface area contributed by atoms with Gasteiger partial charge in [-0.25, -0.2) is 9.37 Å². The molecule has 0 aliphatic heterocycles. The van der Waals surface area contributed by atoms with Crippen molar-refractivity contribution in [2.75, 3.05) is 6.54 Å². The first-order valence-corrected chi connectivity index (χ1v) is 9.20. The van der Waals surface area contributed by atoms with Gasteiger partial charge in [0.2, 0.25) is 0 Å². The maximum absolute atomic E-state index is 13.1. The van der Waals surface area contributed by atoms with Crippen LogP contribution in [0.5, 0.6) is 0 Å². The molecule has 0 bridgehead atoms. The summed E-state index contributed by atoms with van der Waals surface area (Å²) in [4.78, 5) is 26.6. The molecule has 2 aromatic rings. The van der Waals surface area contributed by atoms with E-state index in [-0.39, 0.29) is 23.8 Å². The number of hydrogen-bond acceptors (Lipinski definition) is 3. The highest BCUT2D eigenvalue weighted by molar-refractivity contribution is 5.92. The fraction of sp³-hybridized carbons (Fsp3) is 0.526. The lowest BCUT2D eigenvalue weighted by Gasteiger charge is -2.04. The van der Waals surface area contributed by atoms with Gasteiger partial charge in [0.25, 0.3) is 5.91 Å². The number of aliphatic carboxylic acids is 1. The predicted octanol–water partition coefficient (Wildman–Crippen LogP) is 3.80. The Hall–Kier alpha value is -2.44. The molecular formula is C19H26FN3O3. The number of aromatic nitrogens is 2. The minimum atomic E-state index is -0.720. The number of imidazole rings is 1. The zero-order chi connectivity index (χ0) is 18.8. The van der Waals surface area contributed by atoms with Crippen molar-refractivity contribution in [1.29, 1.82) is 0 Å². The number of carboxylic acids is 1. The molecule has 2 aromatic heterocycles. The number of amides is 1. The summed E-state index contributed by atoms with van der Waals surface area (Å²) in [6.07, 6.45) is 11.2. The number of carboxylic acid groups (broad SMARTS) is 1. The third kappa shape index (κ3) is 6.82. The monoisotopic (exact) mass is 363 g/mol. The van der Waals surface area contributed by atoms with Gasteiger partial charge in [0.05, 0.1) is 0 Å². The Morgan fingerprint density at radius 1 is 1.00 bits per heavy atom. The molecule has 7 heteroatoms. The van der Waals surface area contributed by atoms with Crippen LogP contribution >= 0.6 is 0 Å². The van der Waals surface area contributed by atoms with E-state index in [1.807, 2.05) is 0 Å². The van der Waals surface area contributed by atoms with Crippen LogP contribution in [-0.4, -0.2) is 32.9 Å². The average molecular weight is 363 g/mol. The molecule has 142 valence electrons. The fourth-order valence-electron chi connectivity index (χ4n) is 2.83. The van der Waals surface area contributed by atoms with Crippen LogP contribution in [0.25, 0.3) is 5.65 Å². The van der Waals surface area contributed by atoms with Crippen molar-refractivity contribution in [2.45, 2.75) is 57.8 Å². The van der Waals surface area contributed by atoms with Gasteiger partial charge in [0, 0.05) is 25.4 Å². The molecule has 0 aliphatic carbocycles. The summed E-state index contributed by atoms with van der Waals surface area (Å²) in [6.45, 7) is 0.597. The minimum absolute atomic E-state index is 0.243. The Kier molecular flexibility index (Phi) is 8.05. The lowest BCUT2D eigenvalue weighted by atomic mass is 10.1. The quantitative estimate of drug-likeness (QED) is 0.562. The summed E-state index contributed by atoms with van der Waals surface area (Å²) in [6, 6.07) is 2.85. The first-order valence-electron chi connectivity index (χ1n) is 9.20. The molecule has 6 nitrogen and oxygen atoms in total. The van der Waals surface area contributed by atoms with Crippen molar-refractivity contribution in [3.05, 3.63) is 36.0 Å². The van der Waals surface area contributed by atoms with Crippen LogP contribution in [0.15, 0.2) is 24.5 Å². The van der Waals surface area contributed by atoms with Gasteiger partial charge in [-0.05, 0) is 25.0 Å². The normalized spacial score (nSPS) is 11.0. The maximum Gasteiger partial charge on any atom is 0.303 e. The molecule has 0 fully saturated rings. The summed E-state index contributed by atoms with van der Waals surface area (Å²) in [5.41, 5.74) is 0.830. The van der Waals surface area contributed by atoms with Crippen LogP contribution in [-0.2, 0) is 4.79 Å². The number of unbranched alkanes of at least 4 members (excludes halogenated alkanes) is 7. The Labute approximate surface area is 152 Å². The molecule has 1 amide bonds. The Morgan fingerprint density at radius 2 is 1.65 bits per heavy atom. The third-order valence-corrected chi connectivity index (χ3v) is 4.25. The highest BCUT2D eigenvalue weighted by atomic mass is 19.1. The van der Waals surface area contributed by atoms with Crippen LogP contribution in [0.3, 0.4) is 0 Å². The van der Waals surface area contributed by atoms with Crippen LogP contribution < -0.4 is 5.32 Å². The van der Waals surface area contributed by atoms with E-state index in [1.165, 1.54) is 28.9 Å². The van der Waals surface area contributed by atoms with E-state index in [0.717, 1.165) is 51.4 Å². The van der Waals surface area contributed by atoms with Crippen LogP contribution in [0.4, 0.5) is 4.39 Å². The first-order chi connectivity index (χ1) is 12.6. The van der Waals surface area contributed by atoms with Gasteiger partial charge < -0.3 is 14.8 Å². The van der Waals surface area contributed by atoms with Crippen molar-refractivity contribution < 1.29 is 19.1 Å². The van der Waals surface area contributed by atoms with Crippen molar-refractivity contribution in [3.63, 3.8) is 0 Å². The molecule has 0 unspecified atom stereocenters. The van der Waals surface area contributed by atoms with E-state index in [0.29, 0.717) is 12.2 Å². The van der Waals surface area contributed by atoms with E-state index < -0.39 is 5.97 Å². The molecule has 2 rings (SSSR count). The Morgan fingerprint density at radius 3 is 2.35 bits per heavy atom. The van der Waals surface area contributed by atoms with Crippen molar-refractivity contribution in [2.24, 2.45) is 0 Å². The van der Waals surface area contributed by atoms with Gasteiger partial charge in [-0.2, -0.15) is 0 Å². The minimum Gasteiger partial charge on any atom is -0.481 e. The van der Waals surface area contributed by atoms with Crippen molar-refractivity contribution in [1.82, 2.24) is 14.7 Å². The van der Waals surface area contributed by atoms with E-state index in [1.54, 1.807) is 0 Å². The number of rotatable bonds is 12. The Balaban J connectivity index is 1.52. The molecule has 0 saturated carbocycles. The highest BCUT2D eigenvalue weighted by Crippen LogP contribution is 2.10. The number of hydrogen-bond donors (Lipinski definition) is 2. The van der Waals surface area contributed by atoms with Gasteiger partial charge in [-0.3, -0.25) is 9.59 Å². The van der Waals surface area contributed by atoms with E-state index in [4.69, 9.17) is 5.11 Å². The van der Waals surface area contributed by atoms with Crippen LogP contribution in [0.2, 0.25) is 0 Å². The fourth-order valence-corrected chi connectivity index (χ4v) is 2.83. The summed E-state index contributed by atoms with van der Waals surface area (Å²) >= 11 is 0. The zero-order valence-corrected chi connectivity index (χ0v) is 14.9. The number of nitrogens with one attached hydrogen (secondary N) is 1. The SMILES string of the molecule is O=C(O)CCCCCCCCCCNC(=O)c1cn2cc(F)ccc2n1. The molecule has 0 aliphatic rings. The van der Waals surface area contributed by atoms with E-state index in [9.17, 15) is 14.0 Å². The van der Waals surface area contributed by atoms with E-state index in [2.05, 4.69) is 10.3 Å². The molecule has 2 N–H and O–H groups in total. The molecule has 0 atom stereocenters. The lowest BCUT2D eigenvalue weighted by molar-refractivity contribution is -0.137. The van der Waals surface area contributed by atoms with Crippen LogP contribution in [0, 0.1) is 5.82 Å². The van der Waals surface area contributed by atoms with Gasteiger partial charge in [-0.15, -0.1) is 0 Å². The molecule has 26 heavy (non-hydrogen) atoms. The van der Waals surface area contributed by atoms with Gasteiger partial charge in [-0.1, -0.05) is 38.5 Å². The molecule has 0 radical (unpaired) electrons. The average Bonchev–Trinajstić information content (AvgIpc) is 3.02. The summed E-state index contributed by atoms with van der Waals surface area (Å²) < 4.78 is 14.6. The molecule has 2 heterocycles. The predicted molar refractivity (Wildman–Crippen MR) is 96.7 cm³/mol. The lowest BCUT2D eigenvalue weighted by Crippen LogP contribution is -2.24. The van der Waals surface area contributed by atoms with Gasteiger partial charge in [0.1, 0.15) is 17.2 Å². The van der Waals surface area contributed by atoms with Crippen molar-refractivity contribution in [3.8, 4) is 0 Å². The highest BCUT2D eigenvalue weighted by Gasteiger charge is 2.10. The Bertz CT molecular complexity index is 730. The zero-order valence-electron chi connectivity index (χ0n) is 14.9. The second kappa shape index (κ2) is 10.5. The smallest absolute Gasteiger partial charge is 0.303 e. The first kappa shape index (κ1) is 19.9. The summed E-state index contributed by atoms with van der Waals surface area (Å²) in [5.74, 6) is -1.33. The summed E-state index contributed by atoms with van der Waals surface area (Å²) in [7, 11) is 0. The van der Waals surface area contributed by atoms with Gasteiger partial charge in [0.15, 0.2) is 0 Å². The maximum atomic E-state index is 13.1. The third-order valence-electron chi connectivity index (χ3n) is 4.25. The van der Waals surface area contributed by atoms with Crippen molar-refractivity contribution >= 4 is 17.5 Å². The molecule has 0 spiro atoms. The topological polar surface area (TPSA) is 83.7 Å².